The lowest BCUT2D eigenvalue weighted by Crippen LogP contribution is -2.63. The number of aliphatic hydroxyl groups is 6. The van der Waals surface area contributed by atoms with Crippen LogP contribution in [0.4, 0.5) is 0 Å². The number of hydrogen-bond donors (Lipinski definition) is 6. The molecular formula is C33H58O8. The second-order valence-electron chi connectivity index (χ2n) is 15.7. The normalized spacial score (nSPS) is 53.3. The maximum absolute atomic E-state index is 11.5. The lowest BCUT2D eigenvalue weighted by Gasteiger charge is -2.63. The molecule has 1 saturated heterocycles. The largest absolute Gasteiger partial charge is 0.393 e. The Kier molecular flexibility index (Phi) is 9.30. The fourth-order valence-corrected chi connectivity index (χ4v) is 10.8. The van der Waals surface area contributed by atoms with Crippen LogP contribution in [-0.2, 0) is 9.47 Å². The van der Waals surface area contributed by atoms with Gasteiger partial charge < -0.3 is 40.1 Å². The van der Waals surface area contributed by atoms with Gasteiger partial charge in [-0.05, 0) is 111 Å². The van der Waals surface area contributed by atoms with Crippen molar-refractivity contribution < 1.29 is 40.1 Å². The first-order chi connectivity index (χ1) is 19.2. The molecule has 8 nitrogen and oxygen atoms in total. The van der Waals surface area contributed by atoms with Crippen molar-refractivity contribution in [3.8, 4) is 0 Å². The van der Waals surface area contributed by atoms with Crippen molar-refractivity contribution in [2.45, 2.75) is 154 Å². The molecule has 0 aromatic carbocycles. The molecular weight excluding hydrogens is 524 g/mol. The van der Waals surface area contributed by atoms with E-state index in [0.29, 0.717) is 30.1 Å². The van der Waals surface area contributed by atoms with Crippen molar-refractivity contribution in [1.29, 1.82) is 0 Å². The first-order valence-electron chi connectivity index (χ1n) is 16.6. The van der Waals surface area contributed by atoms with E-state index in [9.17, 15) is 30.6 Å². The van der Waals surface area contributed by atoms with Crippen molar-refractivity contribution in [1.82, 2.24) is 0 Å². The number of ether oxygens (including phenoxy) is 2. The second kappa shape index (κ2) is 11.9. The SMILES string of the molecule is CC(C)CC[C@H](O)[C@@H](C)[C@H]1[C@@H](O)C[C@H]2[C@@H]3CC[C@H]4C[C@@H](O)C[C@@H](O[C@@H]5O[C@@H](C)[C@H](O)[C@@H](O)[C@H]5O)[C@]4(C)[C@H]3CC[C@]12C. The maximum atomic E-state index is 11.5. The van der Waals surface area contributed by atoms with Crippen LogP contribution >= 0.6 is 0 Å². The molecule has 0 aromatic heterocycles. The van der Waals surface area contributed by atoms with Gasteiger partial charge in [-0.1, -0.05) is 34.6 Å². The summed E-state index contributed by atoms with van der Waals surface area (Å²) in [6.45, 7) is 12.9. The molecule has 0 amide bonds. The first-order valence-corrected chi connectivity index (χ1v) is 16.6. The van der Waals surface area contributed by atoms with Crippen LogP contribution in [0.2, 0.25) is 0 Å². The van der Waals surface area contributed by atoms with E-state index in [0.717, 1.165) is 51.4 Å². The molecule has 0 radical (unpaired) electrons. The van der Waals surface area contributed by atoms with Crippen LogP contribution in [0.1, 0.15) is 99.3 Å². The maximum Gasteiger partial charge on any atom is 0.186 e. The second-order valence-corrected chi connectivity index (χ2v) is 15.7. The van der Waals surface area contributed by atoms with E-state index in [-0.39, 0.29) is 34.7 Å². The van der Waals surface area contributed by atoms with Gasteiger partial charge in [-0.25, -0.2) is 0 Å². The van der Waals surface area contributed by atoms with Crippen LogP contribution in [0.5, 0.6) is 0 Å². The van der Waals surface area contributed by atoms with Gasteiger partial charge in [-0.15, -0.1) is 0 Å². The molecule has 5 fully saturated rings. The Morgan fingerprint density at radius 2 is 1.56 bits per heavy atom. The van der Waals surface area contributed by atoms with E-state index >= 15 is 0 Å². The van der Waals surface area contributed by atoms with Gasteiger partial charge in [0.1, 0.15) is 18.3 Å². The third kappa shape index (κ3) is 5.45. The van der Waals surface area contributed by atoms with Crippen molar-refractivity contribution in [2.24, 2.45) is 52.3 Å². The summed E-state index contributed by atoms with van der Waals surface area (Å²) < 4.78 is 12.4. The molecule has 1 heterocycles. The van der Waals surface area contributed by atoms with Crippen molar-refractivity contribution in [3.05, 3.63) is 0 Å². The van der Waals surface area contributed by atoms with E-state index in [1.807, 2.05) is 0 Å². The average Bonchev–Trinajstić information content (AvgIpc) is 3.19. The Hall–Kier alpha value is -0.320. The van der Waals surface area contributed by atoms with Crippen molar-refractivity contribution in [3.63, 3.8) is 0 Å². The molecule has 0 aromatic rings. The summed E-state index contributed by atoms with van der Waals surface area (Å²) >= 11 is 0. The smallest absolute Gasteiger partial charge is 0.186 e. The van der Waals surface area contributed by atoms with Gasteiger partial charge in [0.25, 0.3) is 0 Å². The summed E-state index contributed by atoms with van der Waals surface area (Å²) in [7, 11) is 0. The zero-order valence-electron chi connectivity index (χ0n) is 26.1. The van der Waals surface area contributed by atoms with Crippen molar-refractivity contribution >= 4 is 0 Å². The quantitative estimate of drug-likeness (QED) is 0.269. The third-order valence-corrected chi connectivity index (χ3v) is 13.1. The number of rotatable bonds is 7. The lowest BCUT2D eigenvalue weighted by atomic mass is 9.43. The summed E-state index contributed by atoms with van der Waals surface area (Å²) in [5, 5.41) is 64.9. The van der Waals surface area contributed by atoms with Gasteiger partial charge in [0.2, 0.25) is 0 Å². The molecule has 5 rings (SSSR count). The Morgan fingerprint density at radius 1 is 0.854 bits per heavy atom. The minimum Gasteiger partial charge on any atom is -0.393 e. The Bertz CT molecular complexity index is 900. The molecule has 0 unspecified atom stereocenters. The zero-order chi connectivity index (χ0) is 30.0. The van der Waals surface area contributed by atoms with Gasteiger partial charge in [0.05, 0.1) is 30.5 Å². The summed E-state index contributed by atoms with van der Waals surface area (Å²) in [5.41, 5.74) is -0.285. The Morgan fingerprint density at radius 3 is 2.24 bits per heavy atom. The Labute approximate surface area is 246 Å². The molecule has 4 saturated carbocycles. The highest BCUT2D eigenvalue weighted by Gasteiger charge is 2.65. The summed E-state index contributed by atoms with van der Waals surface area (Å²) in [5.74, 6) is 2.05. The molecule has 0 bridgehead atoms. The van der Waals surface area contributed by atoms with E-state index in [4.69, 9.17) is 9.47 Å². The summed E-state index contributed by atoms with van der Waals surface area (Å²) in [6.07, 6.45) is 0.408. The standard InChI is InChI=1S/C33H58O8/c1-16(2)7-10-24(35)17(3)27-25(36)15-23-21-9-8-19-13-20(34)14-26(33(19,6)22(21)11-12-32(23,27)5)41-31-30(39)29(38)28(37)18(4)40-31/h16-31,34-39H,7-15H2,1-6H3/t17-,18+,19+,20-,21-,22+,23+,24+,25+,26-,27+,28+,29-,30-,31+,32+,33+/m1/s1. The number of fused-ring (bicyclic) bond motifs is 5. The highest BCUT2D eigenvalue weighted by Crippen LogP contribution is 2.68. The predicted molar refractivity (Wildman–Crippen MR) is 154 cm³/mol. The van der Waals surface area contributed by atoms with Crippen LogP contribution < -0.4 is 0 Å². The fourth-order valence-electron chi connectivity index (χ4n) is 10.8. The van der Waals surface area contributed by atoms with Crippen molar-refractivity contribution in [2.75, 3.05) is 0 Å². The van der Waals surface area contributed by atoms with Gasteiger partial charge in [-0.3, -0.25) is 0 Å². The van der Waals surface area contributed by atoms with Crippen LogP contribution in [0, 0.1) is 52.3 Å². The molecule has 238 valence electrons. The fraction of sp³-hybridized carbons (Fsp3) is 1.00. The summed E-state index contributed by atoms with van der Waals surface area (Å²) in [6, 6.07) is 0. The van der Waals surface area contributed by atoms with E-state index < -0.39 is 49.0 Å². The highest BCUT2D eigenvalue weighted by atomic mass is 16.7. The van der Waals surface area contributed by atoms with Crippen LogP contribution in [0.15, 0.2) is 0 Å². The minimum absolute atomic E-state index is 0.0368. The van der Waals surface area contributed by atoms with Crippen LogP contribution in [0.3, 0.4) is 0 Å². The lowest BCUT2D eigenvalue weighted by molar-refractivity contribution is -0.328. The van der Waals surface area contributed by atoms with Gasteiger partial charge in [-0.2, -0.15) is 0 Å². The summed E-state index contributed by atoms with van der Waals surface area (Å²) in [4.78, 5) is 0. The highest BCUT2D eigenvalue weighted by molar-refractivity contribution is 5.14. The van der Waals surface area contributed by atoms with E-state index in [2.05, 4.69) is 34.6 Å². The Balaban J connectivity index is 1.38. The molecule has 17 atom stereocenters. The van der Waals surface area contributed by atoms with Gasteiger partial charge in [0, 0.05) is 6.42 Å². The average molecular weight is 583 g/mol. The third-order valence-electron chi connectivity index (χ3n) is 13.1. The van der Waals surface area contributed by atoms with Gasteiger partial charge >= 0.3 is 0 Å². The molecule has 5 aliphatic rings. The molecule has 8 heteroatoms. The van der Waals surface area contributed by atoms with E-state index in [1.165, 1.54) is 0 Å². The monoisotopic (exact) mass is 582 g/mol. The van der Waals surface area contributed by atoms with Gasteiger partial charge in [0.15, 0.2) is 6.29 Å². The molecule has 1 aliphatic heterocycles. The molecule has 6 N–H and O–H groups in total. The number of hydrogen-bond acceptors (Lipinski definition) is 8. The van der Waals surface area contributed by atoms with E-state index in [1.54, 1.807) is 6.92 Å². The topological polar surface area (TPSA) is 140 Å². The zero-order valence-corrected chi connectivity index (χ0v) is 26.1. The number of aliphatic hydroxyl groups excluding tert-OH is 6. The van der Waals surface area contributed by atoms with Crippen LogP contribution in [0.25, 0.3) is 0 Å². The molecule has 0 spiro atoms. The van der Waals surface area contributed by atoms with Crippen LogP contribution in [-0.4, -0.2) is 85.8 Å². The first kappa shape index (κ1) is 32.1. The predicted octanol–water partition coefficient (Wildman–Crippen LogP) is 3.23. The molecule has 41 heavy (non-hydrogen) atoms. The molecule has 4 aliphatic carbocycles. The minimum atomic E-state index is -1.37.